The van der Waals surface area contributed by atoms with E-state index in [-0.39, 0.29) is 18.3 Å². The third kappa shape index (κ3) is 111. The van der Waals surface area contributed by atoms with Gasteiger partial charge in [0.05, 0.1) is 16.9 Å². The van der Waals surface area contributed by atoms with E-state index >= 15 is 0 Å². The first-order chi connectivity index (χ1) is 64.7. The molecule has 768 valence electrons. The average Bonchev–Trinajstić information content (AvgIpc) is 1.62. The first-order valence-corrected chi connectivity index (χ1v) is 170. The van der Waals surface area contributed by atoms with Crippen LogP contribution in [0.4, 0.5) is 0 Å². The number of benzene rings is 1. The van der Waals surface area contributed by atoms with Crippen LogP contribution in [-0.4, -0.2) is 23.3 Å². The monoisotopic (exact) mass is 3780 g/mol. The van der Waals surface area contributed by atoms with Gasteiger partial charge in [0.15, 0.2) is 0 Å². The summed E-state index contributed by atoms with van der Waals surface area (Å²) in [6, 6.07) is 12.2. The molecular weight excluding hydrogens is 3770 g/mol. The summed E-state index contributed by atoms with van der Waals surface area (Å²) in [4.78, 5) is 4.40. The molecule has 1 aliphatic rings. The minimum Gasteiger partial charge on any atom is -0.399 e. The number of pyridine rings is 1. The van der Waals surface area contributed by atoms with Gasteiger partial charge in [0.2, 0.25) is 0 Å². The molecule has 3 rings (SSSR count). The SMILES string of the molecule is Cc1cc(-c2ccccn2)ccc1B1OC(C)(C)C(C)(C)O1.S=S=S=S=S=S=S=S=S=S=S=S=S=S=S=S=S=S=S=S=S=S=S=S=S=S=S=S=S=S=S=S=S=S=S=S=S=S=S=S=S=S=S=S=S=S=S=S=S=S=S=S=S=S=S=S=S=S=S=S=S=S=S=S=S=S=S=S=S=S=S=S=S=S=S=S=S=S=S=S=S=S=S=S=S=S=S=S=S=S=S=S=S=S=S=S=S=S=S=S=S=S=S=S=S=S=S=S=S. The zero-order chi connectivity index (χ0) is 93.6. The Kier molecular flexibility index (Phi) is 144. The first kappa shape index (κ1) is 149. The summed E-state index contributed by atoms with van der Waals surface area (Å²) < 4.78 is 12.3. The third-order valence-corrected chi connectivity index (χ3v) is 243. The topological polar surface area (TPSA) is 31.4 Å². The van der Waals surface area contributed by atoms with E-state index in [1.165, 1.54) is 17.8 Å². The van der Waals surface area contributed by atoms with E-state index in [0.717, 1.165) is 22.3 Å². The molecule has 0 amide bonds. The van der Waals surface area contributed by atoms with Gasteiger partial charge >= 0.3 is 7.12 Å². The van der Waals surface area contributed by atoms with Gasteiger partial charge < -0.3 is 9.31 Å². The van der Waals surface area contributed by atoms with Crippen LogP contribution in [0.15, 0.2) is 42.6 Å². The number of hydrogen-bond donors (Lipinski definition) is 0. The fourth-order valence-corrected chi connectivity index (χ4v) is 292. The van der Waals surface area contributed by atoms with E-state index in [1.807, 2.05) is 850 Å². The van der Waals surface area contributed by atoms with Gasteiger partial charge in [-0.05, 0) is 52.2 Å². The minimum atomic E-state index is -0.317. The highest BCUT2D eigenvalue weighted by Gasteiger charge is 2.52. The van der Waals surface area contributed by atoms with Gasteiger partial charge in [-0.3, -0.25) is 4.98 Å². The maximum Gasteiger partial charge on any atom is 0.495 e. The first-order valence-electron chi connectivity index (χ1n) is 25.7. The Labute approximate surface area is 1070 Å². The standard InChI is InChI=1S/C18H22BNO2.S109/c1-13-12-14(16-8-6-7-11-20-16)9-10-15(13)19-21-17(2,3)18(4,5)22-19;1-3-5-7-9-11-13-15-17-19-21-23-25-27-29-31-33-35-37-39-41-43-45-47-49-51-53-55-57-59-61-63-65-67-69-71-73-75-77-79-81-83-85-87-89-91-93-95-97-99-101-103-105-107-109-108-106-104-102-100-98-96-94-92-90-88-86-84-82-80-78-76-74-72-70-68-66-64-62-60-58-56-54-52-50-48-46-44-42-40-38-36-34-32-30-28-26-24-22-20-18-16-14-12-10-8-6-4-2/h6-12H,1-5H3;. The smallest absolute Gasteiger partial charge is 0.399 e. The van der Waals surface area contributed by atoms with Crippen molar-refractivity contribution in [2.24, 2.45) is 0 Å². The number of aryl methyl sites for hydroxylation is 1. The van der Waals surface area contributed by atoms with E-state index in [1.54, 1.807) is 107 Å². The second-order valence-corrected chi connectivity index (χ2v) is 203. The fraction of sp³-hybridized carbons (Fsp3) is 0.389. The highest BCUT2D eigenvalue weighted by Crippen LogP contribution is 2.37. The maximum absolute atomic E-state index is 6.14. The predicted octanol–water partition coefficient (Wildman–Crippen LogP) is 3.09. The fourth-order valence-electron chi connectivity index (χ4n) is 3.79. The van der Waals surface area contributed by atoms with Crippen LogP contribution >= 0.6 is 0 Å². The minimum absolute atomic E-state index is 0.316. The second-order valence-electron chi connectivity index (χ2n) is 14.2. The number of nitrogens with zero attached hydrogens (tertiary/aromatic N) is 1. The van der Waals surface area contributed by atoms with Crippen molar-refractivity contribution < 1.29 is 9.31 Å². The number of rotatable bonds is 2. The molecule has 0 N–H and O–H groups in total. The van der Waals surface area contributed by atoms with Crippen LogP contribution < -0.4 is 5.46 Å². The lowest BCUT2D eigenvalue weighted by Gasteiger charge is -2.32. The van der Waals surface area contributed by atoms with Gasteiger partial charge in [-0.2, -0.15) is 0 Å². The van der Waals surface area contributed by atoms with Crippen molar-refractivity contribution >= 4 is 985 Å². The van der Waals surface area contributed by atoms with Gasteiger partial charge in [-0.1, -0.05) is 29.8 Å². The molecule has 0 bridgehead atoms. The molecule has 0 atom stereocenters. The van der Waals surface area contributed by atoms with Crippen molar-refractivity contribution in [1.29, 1.82) is 0 Å². The Bertz CT molecular complexity index is 9540. The molecule has 113 heteroatoms. The molecule has 0 unspecified atom stereocenters. The highest BCUT2D eigenvalue weighted by atomic mass is 33.6. The Morgan fingerprint density at radius 1 is 0.198 bits per heavy atom. The van der Waals surface area contributed by atoms with Crippen molar-refractivity contribution in [1.82, 2.24) is 4.98 Å². The summed E-state index contributed by atoms with van der Waals surface area (Å²) in [6.07, 6.45) is 1.81. The summed E-state index contributed by atoms with van der Waals surface area (Å²) in [6.45, 7) is 10.4. The Hall–Kier alpha value is 22.3. The molecule has 1 aromatic heterocycles. The normalized spacial score (nSPS) is 9.82. The summed E-state index contributed by atoms with van der Waals surface area (Å²) in [7, 11) is 194. The van der Waals surface area contributed by atoms with Crippen LogP contribution in [0.5, 0.6) is 0 Å². The molecule has 2 aromatic rings. The van der Waals surface area contributed by atoms with E-state index in [4.69, 9.17) is 31.7 Å². The quantitative estimate of drug-likeness (QED) is 0.433. The molecular formula is C18H22BNO2S109. The molecule has 1 aliphatic heterocycles. The zero-order valence-corrected chi connectivity index (χ0v) is 147. The third-order valence-electron chi connectivity index (χ3n) is 7.68. The summed E-state index contributed by atoms with van der Waals surface area (Å²) in [5, 5.41) is 0. The molecule has 3 nitrogen and oxygen atoms in total. The van der Waals surface area contributed by atoms with Crippen molar-refractivity contribution in [2.75, 3.05) is 0 Å². The molecule has 1 fully saturated rings. The Morgan fingerprint density at radius 3 is 0.450 bits per heavy atom. The zero-order valence-electron chi connectivity index (χ0n) is 58.4. The van der Waals surface area contributed by atoms with Crippen LogP contribution in [0.25, 0.3) is 11.3 Å². The van der Waals surface area contributed by atoms with Gasteiger partial charge in [0.25, 0.3) is 0 Å². The predicted molar refractivity (Wildman–Crippen MR) is 893 cm³/mol. The summed E-state index contributed by atoms with van der Waals surface area (Å²) in [5.74, 6) is 0. The molecule has 2 heterocycles. The Morgan fingerprint density at radius 2 is 0.336 bits per heavy atom. The molecule has 0 aliphatic carbocycles. The maximum atomic E-state index is 6.14. The van der Waals surface area contributed by atoms with E-state index in [0.29, 0.717) is 0 Å². The van der Waals surface area contributed by atoms with Crippen molar-refractivity contribution in [3.05, 3.63) is 48.2 Å². The van der Waals surface area contributed by atoms with E-state index in [2.05, 4.69) is 57.8 Å². The highest BCUT2D eigenvalue weighted by molar-refractivity contribution is 8.88. The lowest BCUT2D eigenvalue weighted by atomic mass is 9.75. The lowest BCUT2D eigenvalue weighted by Crippen LogP contribution is -2.41. The van der Waals surface area contributed by atoms with Crippen molar-refractivity contribution in [3.8, 4) is 11.3 Å². The van der Waals surface area contributed by atoms with Crippen LogP contribution in [0.2, 0.25) is 0 Å². The van der Waals surface area contributed by atoms with Gasteiger partial charge in [-0.15, -0.1) is 0 Å². The van der Waals surface area contributed by atoms with Gasteiger partial charge in [-0.25, -0.2) is 0 Å². The molecule has 0 radical (unpaired) electrons. The molecule has 1 aromatic carbocycles. The van der Waals surface area contributed by atoms with Gasteiger partial charge in [0.1, 0.15) is 0 Å². The summed E-state index contributed by atoms with van der Waals surface area (Å²) >= 11 is 9.66. The van der Waals surface area contributed by atoms with E-state index in [9.17, 15) is 0 Å². The van der Waals surface area contributed by atoms with Gasteiger partial charge in [0, 0.05) is 984 Å². The molecule has 0 saturated carbocycles. The molecule has 1 saturated heterocycles. The van der Waals surface area contributed by atoms with Crippen LogP contribution in [0.3, 0.4) is 0 Å². The average molecular weight is 3790 g/mol. The van der Waals surface area contributed by atoms with Crippen molar-refractivity contribution in [3.63, 3.8) is 0 Å². The second kappa shape index (κ2) is 126. The number of hydrogen-bond acceptors (Lipinski definition) is 5. The van der Waals surface area contributed by atoms with Crippen LogP contribution in [0.1, 0.15) is 33.3 Å². The molecule has 131 heavy (non-hydrogen) atoms. The Balaban J connectivity index is 0.00000226. The van der Waals surface area contributed by atoms with E-state index < -0.39 is 0 Å². The van der Waals surface area contributed by atoms with Crippen LogP contribution in [0, 0.1) is 6.92 Å². The molecule has 0 spiro atoms. The lowest BCUT2D eigenvalue weighted by molar-refractivity contribution is 0.00578. The van der Waals surface area contributed by atoms with Crippen LogP contribution in [-0.2, 0) is 982 Å². The number of aromatic nitrogens is 1. The van der Waals surface area contributed by atoms with Crippen molar-refractivity contribution in [2.45, 2.75) is 45.8 Å². The summed E-state index contributed by atoms with van der Waals surface area (Å²) in [5.41, 5.74) is 3.69. The largest absolute Gasteiger partial charge is 0.495 e.